The Kier molecular flexibility index (Phi) is 15.6. The molecule has 2 fully saturated rings. The van der Waals surface area contributed by atoms with Gasteiger partial charge in [-0.1, -0.05) is 7.43 Å². The number of rotatable bonds is 9. The van der Waals surface area contributed by atoms with E-state index in [2.05, 4.69) is 57.8 Å². The molecule has 16 heteroatoms. The molecule has 0 unspecified atom stereocenters. The summed E-state index contributed by atoms with van der Waals surface area (Å²) in [6.07, 6.45) is 8.01. The standard InChI is InChI=1S/C25H32BrN3O4.C24H30BrN3O4.CH4/c1-13-10-14(2)29-24(31)19(13)12-28-23(30)18-11-20(26)22-21(15(18)3)32-25(4,33-22)16-6-8-17(27-5)9-7-16;1-12-9-13(2)28-23(30)18(12)11-27-22(29)17-10-19(25)21-20(14(17)3)31-24(4,32-21)15-5-7-16(26)8-6-15;/h10-11,16-17,27H,6-9,12H2,1-5H3,(H,28,30)(H,29,31);9-10,15-16H,5-8,11,26H2,1-4H3,(H,27,29)(H,28,30);1H4/t16?,17?,25-;15?,16?,24-;/m11./s1. The van der Waals surface area contributed by atoms with Gasteiger partial charge >= 0.3 is 0 Å². The quantitative estimate of drug-likeness (QED) is 0.0942. The van der Waals surface area contributed by atoms with Crippen molar-refractivity contribution < 1.29 is 28.5 Å². The summed E-state index contributed by atoms with van der Waals surface area (Å²) < 4.78 is 26.8. The van der Waals surface area contributed by atoms with E-state index < -0.39 is 11.6 Å². The van der Waals surface area contributed by atoms with Crippen LogP contribution < -0.4 is 51.8 Å². The molecule has 358 valence electrons. The number of aromatic amines is 2. The molecular weight excluding hydrogens is 972 g/mol. The molecule has 4 aliphatic rings. The smallest absolute Gasteiger partial charge is 0.253 e. The van der Waals surface area contributed by atoms with E-state index in [0.29, 0.717) is 65.8 Å². The van der Waals surface area contributed by atoms with Crippen molar-refractivity contribution in [3.63, 3.8) is 0 Å². The van der Waals surface area contributed by atoms with Crippen molar-refractivity contribution in [2.24, 2.45) is 17.6 Å². The highest BCUT2D eigenvalue weighted by Gasteiger charge is 2.48. The first-order chi connectivity index (χ1) is 30.7. The maximum Gasteiger partial charge on any atom is 0.253 e. The third-order valence-electron chi connectivity index (χ3n) is 13.8. The number of benzene rings is 2. The van der Waals surface area contributed by atoms with Gasteiger partial charge in [0.15, 0.2) is 23.0 Å². The number of fused-ring (bicyclic) bond motifs is 2. The Morgan fingerprint density at radius 3 is 1.36 bits per heavy atom. The van der Waals surface area contributed by atoms with Crippen LogP contribution in [0.4, 0.5) is 0 Å². The summed E-state index contributed by atoms with van der Waals surface area (Å²) in [5.74, 6) is 0.906. The Morgan fingerprint density at radius 2 is 1.00 bits per heavy atom. The zero-order chi connectivity index (χ0) is 47.1. The molecular formula is C50H66Br2N6O8. The molecule has 0 radical (unpaired) electrons. The van der Waals surface area contributed by atoms with E-state index in [1.165, 1.54) is 0 Å². The van der Waals surface area contributed by atoms with E-state index >= 15 is 0 Å². The lowest BCUT2D eigenvalue weighted by atomic mass is 9.81. The van der Waals surface area contributed by atoms with Crippen LogP contribution in [-0.4, -0.2) is 52.5 Å². The number of ether oxygens (including phenoxy) is 4. The molecule has 7 N–H and O–H groups in total. The monoisotopic (exact) mass is 1040 g/mol. The van der Waals surface area contributed by atoms with Crippen LogP contribution >= 0.6 is 31.9 Å². The fourth-order valence-corrected chi connectivity index (χ4v) is 10.8. The molecule has 4 heterocycles. The molecule has 2 aliphatic carbocycles. The number of nitrogens with one attached hydrogen (secondary N) is 5. The highest BCUT2D eigenvalue weighted by Crippen LogP contribution is 2.53. The second-order valence-electron chi connectivity index (χ2n) is 18.5. The molecule has 2 aromatic heterocycles. The first-order valence-electron chi connectivity index (χ1n) is 22.5. The lowest BCUT2D eigenvalue weighted by Gasteiger charge is -2.37. The number of amides is 2. The van der Waals surface area contributed by atoms with Crippen molar-refractivity contribution in [2.45, 2.75) is 151 Å². The van der Waals surface area contributed by atoms with Gasteiger partial charge in [0.25, 0.3) is 34.5 Å². The molecule has 2 atom stereocenters. The minimum absolute atomic E-state index is 0. The predicted octanol–water partition coefficient (Wildman–Crippen LogP) is 8.89. The van der Waals surface area contributed by atoms with Gasteiger partial charge in [0.05, 0.1) is 8.95 Å². The summed E-state index contributed by atoms with van der Waals surface area (Å²) >= 11 is 7.13. The highest BCUT2D eigenvalue weighted by molar-refractivity contribution is 9.11. The van der Waals surface area contributed by atoms with Crippen molar-refractivity contribution >= 4 is 43.7 Å². The second-order valence-corrected chi connectivity index (χ2v) is 20.2. The Hall–Kier alpha value is -4.64. The number of carbonyl (C=O) groups excluding carboxylic acids is 2. The van der Waals surface area contributed by atoms with Gasteiger partial charge < -0.3 is 50.6 Å². The van der Waals surface area contributed by atoms with Crippen molar-refractivity contribution in [1.82, 2.24) is 25.9 Å². The molecule has 2 saturated carbocycles. The number of nitrogens with two attached hydrogens (primary N) is 1. The number of halogens is 2. The molecule has 66 heavy (non-hydrogen) atoms. The molecule has 14 nitrogen and oxygen atoms in total. The van der Waals surface area contributed by atoms with Gasteiger partial charge in [-0.05, 0) is 167 Å². The predicted molar refractivity (Wildman–Crippen MR) is 264 cm³/mol. The maximum absolute atomic E-state index is 13.1. The minimum Gasteiger partial charge on any atom is -0.448 e. The summed E-state index contributed by atoms with van der Waals surface area (Å²) in [5, 5.41) is 9.12. The van der Waals surface area contributed by atoms with Gasteiger partial charge in [0.1, 0.15) is 0 Å². The normalized spacial score (nSPS) is 23.9. The summed E-state index contributed by atoms with van der Waals surface area (Å²) in [7, 11) is 2.01. The van der Waals surface area contributed by atoms with E-state index in [9.17, 15) is 19.2 Å². The summed E-state index contributed by atoms with van der Waals surface area (Å²) in [5.41, 5.74) is 12.5. The zero-order valence-electron chi connectivity index (χ0n) is 38.8. The van der Waals surface area contributed by atoms with Crippen LogP contribution in [0.15, 0.2) is 42.8 Å². The van der Waals surface area contributed by atoms with Crippen molar-refractivity contribution in [3.8, 4) is 23.0 Å². The van der Waals surface area contributed by atoms with Gasteiger partial charge in [-0.25, -0.2) is 0 Å². The number of aryl methyl sites for hydroxylation is 4. The van der Waals surface area contributed by atoms with Crippen LogP contribution in [0.1, 0.15) is 138 Å². The highest BCUT2D eigenvalue weighted by atomic mass is 79.9. The SMILES string of the molecule is C.CNC1CCC([C@@]2(C)Oc3c(Br)cc(C(=O)NCc4c(C)cc(C)[nH]c4=O)c(C)c3O2)CC1.Cc1cc(C)c(CNC(=O)c2cc(Br)c3c(c2C)O[C@@](C)(C2CCC(N)CC2)O3)c(=O)[nH]1. The molecule has 2 aromatic carbocycles. The van der Waals surface area contributed by atoms with Gasteiger partial charge in [-0.3, -0.25) is 19.2 Å². The van der Waals surface area contributed by atoms with Crippen molar-refractivity contribution in [1.29, 1.82) is 0 Å². The first-order valence-corrected chi connectivity index (χ1v) is 24.1. The molecule has 4 aromatic rings. The van der Waals surface area contributed by atoms with Gasteiger partial charge in [-0.15, -0.1) is 0 Å². The fraction of sp³-hybridized carbons (Fsp3) is 0.520. The minimum atomic E-state index is -0.781. The number of pyridine rings is 2. The van der Waals surface area contributed by atoms with Gasteiger partial charge in [0.2, 0.25) is 0 Å². The van der Waals surface area contributed by atoms with E-state index in [-0.39, 0.29) is 61.3 Å². The van der Waals surface area contributed by atoms with Crippen LogP contribution in [-0.2, 0) is 13.1 Å². The van der Waals surface area contributed by atoms with Crippen molar-refractivity contribution in [2.75, 3.05) is 7.05 Å². The summed E-state index contributed by atoms with van der Waals surface area (Å²) in [4.78, 5) is 56.2. The van der Waals surface area contributed by atoms with E-state index in [4.69, 9.17) is 24.7 Å². The molecule has 0 saturated heterocycles. The maximum atomic E-state index is 13.1. The Bertz CT molecular complexity index is 2620. The van der Waals surface area contributed by atoms with Gasteiger partial charge in [-0.2, -0.15) is 0 Å². The lowest BCUT2D eigenvalue weighted by Crippen LogP contribution is -2.46. The van der Waals surface area contributed by atoms with Crippen LogP contribution in [0.3, 0.4) is 0 Å². The van der Waals surface area contributed by atoms with E-state index in [1.54, 1.807) is 12.1 Å². The molecule has 0 spiro atoms. The fourth-order valence-electron chi connectivity index (χ4n) is 9.78. The third kappa shape index (κ3) is 10.4. The number of H-pyrrole nitrogens is 2. The Morgan fingerprint density at radius 1 is 0.636 bits per heavy atom. The van der Waals surface area contributed by atoms with Gasteiger partial charge in [0, 0.05) is 95.6 Å². The van der Waals surface area contributed by atoms with E-state index in [1.807, 2.05) is 74.6 Å². The average molecular weight is 1040 g/mol. The summed E-state index contributed by atoms with van der Waals surface area (Å²) in [6.45, 7) is 15.4. The van der Waals surface area contributed by atoms with Crippen LogP contribution in [0.2, 0.25) is 0 Å². The Balaban J connectivity index is 0.000000215. The zero-order valence-corrected chi connectivity index (χ0v) is 42.0. The summed E-state index contributed by atoms with van der Waals surface area (Å²) in [6, 6.07) is 8.10. The third-order valence-corrected chi connectivity index (χ3v) is 15.0. The number of aromatic nitrogens is 2. The van der Waals surface area contributed by atoms with Crippen LogP contribution in [0.5, 0.6) is 23.0 Å². The molecule has 2 amide bonds. The topological polar surface area (TPSA) is 199 Å². The second kappa shape index (κ2) is 20.3. The van der Waals surface area contributed by atoms with Crippen LogP contribution in [0.25, 0.3) is 0 Å². The molecule has 8 rings (SSSR count). The average Bonchev–Trinajstić information content (AvgIpc) is 3.83. The Labute approximate surface area is 404 Å². The van der Waals surface area contributed by atoms with E-state index in [0.717, 1.165) is 79.4 Å². The lowest BCUT2D eigenvalue weighted by molar-refractivity contribution is -0.121. The molecule has 0 bridgehead atoms. The van der Waals surface area contributed by atoms with Crippen molar-refractivity contribution in [3.05, 3.63) is 110 Å². The number of hydrogen-bond donors (Lipinski definition) is 6. The number of hydrogen-bond acceptors (Lipinski definition) is 10. The first kappa shape index (κ1) is 50.8. The van der Waals surface area contributed by atoms with Crippen LogP contribution in [0, 0.1) is 53.4 Å². The largest absolute Gasteiger partial charge is 0.448 e. The number of carbonyl (C=O) groups is 2. The molecule has 2 aliphatic heterocycles.